The van der Waals surface area contributed by atoms with Gasteiger partial charge in [0.25, 0.3) is 5.91 Å². The molecule has 1 fully saturated rings. The van der Waals surface area contributed by atoms with Crippen LogP contribution in [0.15, 0.2) is 18.2 Å². The van der Waals surface area contributed by atoms with Crippen molar-refractivity contribution in [2.45, 2.75) is 23.8 Å². The summed E-state index contributed by atoms with van der Waals surface area (Å²) in [6.45, 7) is 0.413. The molecule has 1 aromatic rings. The molecule has 1 saturated carbocycles. The Bertz CT molecular complexity index is 540. The summed E-state index contributed by atoms with van der Waals surface area (Å²) in [5, 5.41) is 0. The average Bonchev–Trinajstić information content (AvgIpc) is 2.35. The fraction of sp³-hybridized carbons (Fsp3) is 0.500. The summed E-state index contributed by atoms with van der Waals surface area (Å²) in [7, 11) is 1.48. The molecular formula is C14H14BrF4NO. The van der Waals surface area contributed by atoms with Crippen LogP contribution in [-0.4, -0.2) is 29.2 Å². The van der Waals surface area contributed by atoms with Gasteiger partial charge in [-0.15, -0.1) is 0 Å². The smallest absolute Gasteiger partial charge is 0.341 e. The van der Waals surface area contributed by atoms with Crippen LogP contribution in [0.1, 0.15) is 28.8 Å². The van der Waals surface area contributed by atoms with Gasteiger partial charge in [0.15, 0.2) is 0 Å². The van der Waals surface area contributed by atoms with Crippen molar-refractivity contribution >= 4 is 21.8 Å². The number of amides is 1. The number of hydrogen-bond donors (Lipinski definition) is 0. The molecule has 0 aliphatic heterocycles. The molecule has 2 nitrogen and oxygen atoms in total. The van der Waals surface area contributed by atoms with Gasteiger partial charge in [-0.3, -0.25) is 4.79 Å². The highest BCUT2D eigenvalue weighted by molar-refractivity contribution is 9.09. The fourth-order valence-electron chi connectivity index (χ4n) is 2.40. The largest absolute Gasteiger partial charge is 0.419 e. The van der Waals surface area contributed by atoms with E-state index < -0.39 is 29.0 Å². The van der Waals surface area contributed by atoms with Gasteiger partial charge in [0.05, 0.1) is 11.1 Å². The minimum absolute atomic E-state index is 0.303. The first-order valence-corrected chi connectivity index (χ1v) is 7.37. The summed E-state index contributed by atoms with van der Waals surface area (Å²) in [5.74, 6) is -1.93. The van der Waals surface area contributed by atoms with E-state index in [4.69, 9.17) is 0 Å². The van der Waals surface area contributed by atoms with Crippen LogP contribution in [0.25, 0.3) is 0 Å². The summed E-state index contributed by atoms with van der Waals surface area (Å²) in [5.41, 5.74) is -1.95. The minimum atomic E-state index is -4.81. The van der Waals surface area contributed by atoms with Gasteiger partial charge in [-0.1, -0.05) is 22.0 Å². The highest BCUT2D eigenvalue weighted by atomic mass is 79.9. The van der Waals surface area contributed by atoms with E-state index in [0.717, 1.165) is 25.0 Å². The third kappa shape index (κ3) is 3.56. The van der Waals surface area contributed by atoms with Crippen molar-refractivity contribution in [2.24, 2.45) is 5.92 Å². The Balaban J connectivity index is 2.15. The van der Waals surface area contributed by atoms with Gasteiger partial charge >= 0.3 is 6.18 Å². The van der Waals surface area contributed by atoms with Crippen LogP contribution in [0.4, 0.5) is 17.6 Å². The third-order valence-electron chi connectivity index (χ3n) is 3.59. The molecule has 0 atom stereocenters. The van der Waals surface area contributed by atoms with Gasteiger partial charge < -0.3 is 4.90 Å². The lowest BCUT2D eigenvalue weighted by molar-refractivity contribution is -0.140. The zero-order chi connectivity index (χ0) is 15.8. The van der Waals surface area contributed by atoms with E-state index in [-0.39, 0.29) is 0 Å². The molecule has 0 spiro atoms. The Kier molecular flexibility index (Phi) is 4.60. The molecule has 7 heteroatoms. The second-order valence-corrected chi connectivity index (χ2v) is 6.58. The number of hydrogen-bond acceptors (Lipinski definition) is 1. The average molecular weight is 368 g/mol. The summed E-state index contributed by atoms with van der Waals surface area (Å²) in [6, 6.07) is 2.76. The predicted molar refractivity (Wildman–Crippen MR) is 73.8 cm³/mol. The van der Waals surface area contributed by atoms with E-state index in [2.05, 4.69) is 15.9 Å². The number of carbonyl (C=O) groups is 1. The molecule has 0 N–H and O–H groups in total. The van der Waals surface area contributed by atoms with Crippen molar-refractivity contribution in [3.05, 3.63) is 35.1 Å². The second kappa shape index (κ2) is 5.94. The molecule has 0 bridgehead atoms. The van der Waals surface area contributed by atoms with E-state index >= 15 is 0 Å². The third-order valence-corrected chi connectivity index (χ3v) is 4.34. The lowest BCUT2D eigenvalue weighted by Gasteiger charge is -2.34. The van der Waals surface area contributed by atoms with Gasteiger partial charge in [0.2, 0.25) is 0 Å². The maximum Gasteiger partial charge on any atom is 0.419 e. The summed E-state index contributed by atoms with van der Waals surface area (Å²) >= 11 is 3.43. The normalized spacial score (nSPS) is 21.8. The number of carbonyl (C=O) groups excluding carboxylic acids is 1. The van der Waals surface area contributed by atoms with Gasteiger partial charge in [-0.2, -0.15) is 13.2 Å². The quantitative estimate of drug-likeness (QED) is 0.582. The lowest BCUT2D eigenvalue weighted by Crippen LogP contribution is -2.38. The van der Waals surface area contributed by atoms with Crippen LogP contribution < -0.4 is 0 Å². The van der Waals surface area contributed by atoms with Crippen LogP contribution >= 0.6 is 15.9 Å². The number of halogens is 5. The zero-order valence-corrected chi connectivity index (χ0v) is 12.8. The summed E-state index contributed by atoms with van der Waals surface area (Å²) < 4.78 is 51.8. The van der Waals surface area contributed by atoms with Crippen LogP contribution in [0.2, 0.25) is 0 Å². The first kappa shape index (κ1) is 16.3. The first-order valence-electron chi connectivity index (χ1n) is 6.45. The highest BCUT2D eigenvalue weighted by Gasteiger charge is 2.36. The Morgan fingerprint density at radius 3 is 2.52 bits per heavy atom. The highest BCUT2D eigenvalue weighted by Crippen LogP contribution is 2.35. The molecule has 1 amide bonds. The molecule has 21 heavy (non-hydrogen) atoms. The minimum Gasteiger partial charge on any atom is -0.341 e. The van der Waals surface area contributed by atoms with E-state index in [1.807, 2.05) is 0 Å². The molecule has 116 valence electrons. The number of rotatable bonds is 3. The second-order valence-electron chi connectivity index (χ2n) is 5.29. The van der Waals surface area contributed by atoms with Crippen LogP contribution in [0.5, 0.6) is 0 Å². The molecule has 1 aliphatic carbocycles. The van der Waals surface area contributed by atoms with E-state index in [1.54, 1.807) is 0 Å². The number of alkyl halides is 4. The van der Waals surface area contributed by atoms with Gasteiger partial charge in [0, 0.05) is 18.4 Å². The Morgan fingerprint density at radius 1 is 1.38 bits per heavy atom. The maximum atomic E-state index is 13.9. The lowest BCUT2D eigenvalue weighted by atomic mass is 9.85. The summed E-state index contributed by atoms with van der Waals surface area (Å²) in [6.07, 6.45) is -3.00. The van der Waals surface area contributed by atoms with Crippen LogP contribution in [0, 0.1) is 11.7 Å². The van der Waals surface area contributed by atoms with Crippen molar-refractivity contribution in [2.75, 3.05) is 13.6 Å². The van der Waals surface area contributed by atoms with Gasteiger partial charge in [-0.25, -0.2) is 4.39 Å². The monoisotopic (exact) mass is 367 g/mol. The first-order chi connectivity index (χ1) is 9.70. The number of nitrogens with zero attached hydrogens (tertiary/aromatic N) is 1. The van der Waals surface area contributed by atoms with Crippen LogP contribution in [0.3, 0.4) is 0 Å². The molecule has 1 aromatic carbocycles. The summed E-state index contributed by atoms with van der Waals surface area (Å²) in [4.78, 5) is 13.8. The molecule has 0 radical (unpaired) electrons. The van der Waals surface area contributed by atoms with E-state index in [9.17, 15) is 22.4 Å². The molecule has 0 saturated heterocycles. The van der Waals surface area contributed by atoms with Crippen molar-refractivity contribution in [1.82, 2.24) is 4.90 Å². The van der Waals surface area contributed by atoms with Gasteiger partial charge in [0.1, 0.15) is 5.82 Å². The Morgan fingerprint density at radius 2 is 2.00 bits per heavy atom. The van der Waals surface area contributed by atoms with Crippen molar-refractivity contribution in [1.29, 1.82) is 0 Å². The Hall–Kier alpha value is -1.11. The topological polar surface area (TPSA) is 20.3 Å². The van der Waals surface area contributed by atoms with Crippen molar-refractivity contribution in [3.8, 4) is 0 Å². The fourth-order valence-corrected chi connectivity index (χ4v) is 3.45. The predicted octanol–water partition coefficient (Wildman–Crippen LogP) is 4.09. The number of benzene rings is 1. The molecule has 0 heterocycles. The van der Waals surface area contributed by atoms with E-state index in [0.29, 0.717) is 23.4 Å². The van der Waals surface area contributed by atoms with Gasteiger partial charge in [-0.05, 0) is 30.9 Å². The zero-order valence-electron chi connectivity index (χ0n) is 11.3. The Labute approximate surface area is 128 Å². The molecule has 0 unspecified atom stereocenters. The molecule has 2 rings (SSSR count). The van der Waals surface area contributed by atoms with Crippen molar-refractivity contribution in [3.63, 3.8) is 0 Å². The maximum absolute atomic E-state index is 13.9. The molecular weight excluding hydrogens is 354 g/mol. The van der Waals surface area contributed by atoms with E-state index in [1.165, 1.54) is 11.9 Å². The van der Waals surface area contributed by atoms with Crippen LogP contribution in [-0.2, 0) is 6.18 Å². The molecule has 1 aliphatic rings. The van der Waals surface area contributed by atoms with Crippen molar-refractivity contribution < 1.29 is 22.4 Å². The molecule has 0 aromatic heterocycles. The SMILES string of the molecule is CN(CC1CC(Br)C1)C(=O)c1cccc(C(F)(F)F)c1F. The standard InChI is InChI=1S/C14H14BrF4NO/c1-20(7-8-5-9(15)6-8)13(21)10-3-2-4-11(12(10)16)14(17,18)19/h2-4,8-9H,5-7H2,1H3.